The molecule has 0 spiro atoms. The van der Waals surface area contributed by atoms with Gasteiger partial charge < -0.3 is 141 Å². The van der Waals surface area contributed by atoms with Crippen molar-refractivity contribution in [3.63, 3.8) is 0 Å². The fourth-order valence-corrected chi connectivity index (χ4v) is 20.7. The molecule has 12 rings (SSSR count). The first-order valence-corrected chi connectivity index (χ1v) is 60.7. The molecule has 37 nitrogen and oxygen atoms in total. The zero-order valence-electron chi connectivity index (χ0n) is 76.7. The molecule has 1 aromatic rings. The number of carbonyl (C=O) groups excluding carboxylic acids is 4. The molecule has 6 fully saturated rings. The molecule has 0 aliphatic carbocycles. The zero-order chi connectivity index (χ0) is 97.3. The van der Waals surface area contributed by atoms with Gasteiger partial charge in [0, 0.05) is 73.2 Å². The smallest absolute Gasteiger partial charge is 0.328 e. The fraction of sp³-hybridized carbons (Fsp3) is 0.600. The number of amides is 6. The SMILES string of the molecule is C=C1NC(=O)C(C)=CN1C1O[C@H](CCP(=C)(C)C)[C@@H](O)[C@H]1O.C=C1NC(=O)C=NN1C1O[C@H](CCP(=C)(C)C)[C@@H](O)[C@H]1O.C=C1NC(=O)N(C)C=C1C1O[C@H](CCP(=C)(C)C)[C@@H](O)[C@H]1O.C=C1NC(=O)NC=C1C1O[C@H](CCP(=C)(C)C)[C@@H](O)[C@H]1O.C=C1NC(=S)C=CN1C1O[C@H](CCP(=C)(C)C)[C@@H](O)[C@H]1O.C=P(C)(C)CC[C@H]1OC(c2c[nH]c(=O)n(C)c2=O)[C@H](O)[C@@H]1O. The number of aliphatic hydroxyl groups excluding tert-OH is 12. The van der Waals surface area contributed by atoms with E-state index < -0.39 is 193 Å². The van der Waals surface area contributed by atoms with Gasteiger partial charge in [0.2, 0.25) is 0 Å². The molecule has 0 radical (unpaired) electrons. The molecule has 11 aliphatic rings. The maximum absolute atomic E-state index is 12.1. The Morgan fingerprint density at radius 1 is 0.434 bits per heavy atom. The quantitative estimate of drug-likeness (QED) is 0.0502. The number of hydrogen-bond acceptors (Lipinski definition) is 29. The lowest BCUT2D eigenvalue weighted by atomic mass is 9.99. The van der Waals surface area contributed by atoms with Crippen molar-refractivity contribution in [3.05, 3.63) is 142 Å². The van der Waals surface area contributed by atoms with Crippen LogP contribution in [-0.2, 0) is 45.1 Å². The Morgan fingerprint density at radius 2 is 0.798 bits per heavy atom. The minimum atomic E-state index is -1.27. The van der Waals surface area contributed by atoms with Crippen molar-refractivity contribution < 1.29 is 109 Å². The largest absolute Gasteiger partial charge is 0.388 e. The molecule has 1 aromatic heterocycles. The third-order valence-electron chi connectivity index (χ3n) is 22.4. The zero-order valence-corrected chi connectivity index (χ0v) is 82.9. The highest BCUT2D eigenvalue weighted by Crippen LogP contribution is 2.46. The summed E-state index contributed by atoms with van der Waals surface area (Å²) >= 11 is 5.03. The van der Waals surface area contributed by atoms with Gasteiger partial charge in [0.15, 0.2) is 18.7 Å². The summed E-state index contributed by atoms with van der Waals surface area (Å²) in [5, 5.41) is 143. The second-order valence-corrected chi connectivity index (χ2v) is 64.4. The van der Waals surface area contributed by atoms with Gasteiger partial charge in [-0.1, -0.05) is 45.1 Å². The van der Waals surface area contributed by atoms with Gasteiger partial charge in [-0.25, -0.2) is 19.4 Å². The number of nitrogens with one attached hydrogen (secondary N) is 7. The summed E-state index contributed by atoms with van der Waals surface area (Å²) in [6.45, 7) is 38.6. The van der Waals surface area contributed by atoms with Crippen LogP contribution in [-0.4, -0.2) is 428 Å². The van der Waals surface area contributed by atoms with Crippen LogP contribution in [0.15, 0.2) is 130 Å². The maximum atomic E-state index is 12.1. The van der Waals surface area contributed by atoms with E-state index in [2.05, 4.69) is 193 Å². The second kappa shape index (κ2) is 45.5. The topological polar surface area (TPSA) is 519 Å². The van der Waals surface area contributed by atoms with Crippen molar-refractivity contribution in [1.29, 1.82) is 0 Å². The molecule has 24 atom stereocenters. The number of aromatic amines is 1. The summed E-state index contributed by atoms with van der Waals surface area (Å²) in [4.78, 5) is 76.5. The summed E-state index contributed by atoms with van der Waals surface area (Å²) in [6, 6.07) is -0.668. The number of hydrazone groups is 1. The summed E-state index contributed by atoms with van der Waals surface area (Å²) in [7, 11) is 2.95. The number of aromatic nitrogens is 2. The molecule has 0 saturated carbocycles. The van der Waals surface area contributed by atoms with Crippen LogP contribution in [0.5, 0.6) is 0 Å². The van der Waals surface area contributed by atoms with Gasteiger partial charge in [-0.3, -0.25) is 19.0 Å². The molecular weight excluding hydrogens is 1800 g/mol. The predicted octanol–water partition coefficient (Wildman–Crippen LogP) is 0.758. The Bertz CT molecular complexity index is 4810. The summed E-state index contributed by atoms with van der Waals surface area (Å²) in [5.74, 6) is 0.463. The number of ether oxygens (including phenoxy) is 6. The van der Waals surface area contributed by atoms with Gasteiger partial charge in [-0.15, -0.1) is 79.1 Å². The van der Waals surface area contributed by atoms with E-state index in [0.29, 0.717) is 83.3 Å². The van der Waals surface area contributed by atoms with Crippen molar-refractivity contribution in [2.75, 3.05) is 124 Å². The van der Waals surface area contributed by atoms with Crippen LogP contribution in [0.4, 0.5) is 9.59 Å². The normalized spacial score (nSPS) is 32.5. The summed E-state index contributed by atoms with van der Waals surface area (Å²) in [6.07, 6.45) is 24.6. The van der Waals surface area contributed by atoms with Gasteiger partial charge in [0.25, 0.3) is 17.4 Å². The molecule has 0 bridgehead atoms. The van der Waals surface area contributed by atoms with Crippen molar-refractivity contribution in [2.45, 2.75) is 192 Å². The van der Waals surface area contributed by atoms with E-state index >= 15 is 0 Å². The standard InChI is InChI=1S/2C15H25N2O4P.C14H23N2O5P.C14H23N2O4P.C14H23N2O3PS.C13H22N3O4P/c1-9-10(8-17(2)15(20)16-9)14-13(19)12(18)11(21-14)6-7-22(3,4)5;1-9-8-17(10(2)16-14(9)20)15-13(19)12(18)11(21-15)6-7-22(3,4)5;1-16-13(19)8(7-15-14(16)20)12-11(18)10(17)9(21-12)5-6-22(2,3)4;1-8-9(7-15-14(19)16-8)13-12(18)11(17)10(20-13)5-6-21(2,3)4;1-9-15-11(21)5-7-16(9)14-13(18)12(17)10(19-14)6-8-20(2,3)4;1-8-15-10(17)7-14-16(8)13-12(19)11(18)9(20-13)5-6-21(2,3)4/h8,11-14,18-19H,1,3,6-7H2,2,4-5H3,(H,16,20);8,11-13,15,18-19H,2-3,6-7H2,1,4-5H3,(H,16,20);7,9-12,17-18H,2,5-6H2,1,3-4H3,(H,15,20);7,10-13,17-18H,1-2,5-6H2,3-4H3,(H2,15,16,19);5,7,10,12-14,17-18H,1-2,6,8H2,3-4H3,(H,15,21);7,9,11-13,18-19H,1-2,5-6H2,3-4H3,(H,15,17)/t11-,12-,13-,14?;11-,12-,13-,15?;9-,10-,11-,12?;10-,11-,12-,13?;10-,12-,13-,14?;9-,11-,12-,13?/m111111/s1. The molecule has 0 aromatic carbocycles. The number of hydrogen-bond donors (Lipinski definition) is 19. The lowest BCUT2D eigenvalue weighted by Gasteiger charge is -2.34. The van der Waals surface area contributed by atoms with E-state index in [0.717, 1.165) is 47.8 Å². The van der Waals surface area contributed by atoms with E-state index in [-0.39, 0.29) is 41.4 Å². The van der Waals surface area contributed by atoms with Gasteiger partial charge in [-0.2, -0.15) is 5.10 Å². The van der Waals surface area contributed by atoms with Crippen molar-refractivity contribution >= 4 is 126 Å². The number of urea groups is 2. The van der Waals surface area contributed by atoms with E-state index in [1.54, 1.807) is 48.4 Å². The molecule has 6 saturated heterocycles. The molecule has 11 aliphatic heterocycles. The first kappa shape index (κ1) is 110. The van der Waals surface area contributed by atoms with Gasteiger partial charge >= 0.3 is 17.8 Å². The molecule has 6 amide bonds. The molecule has 726 valence electrons. The highest BCUT2D eigenvalue weighted by Gasteiger charge is 2.52. The molecule has 12 heterocycles. The average molecular weight is 1950 g/mol. The van der Waals surface area contributed by atoms with E-state index in [1.165, 1.54) is 29.4 Å². The molecule has 129 heavy (non-hydrogen) atoms. The summed E-state index contributed by atoms with van der Waals surface area (Å²) < 4.78 is 35.7. The lowest BCUT2D eigenvalue weighted by molar-refractivity contribution is -0.119. The van der Waals surface area contributed by atoms with Crippen molar-refractivity contribution in [2.24, 2.45) is 12.1 Å². The Hall–Kier alpha value is -6.14. The molecule has 6 unspecified atom stereocenters. The fourth-order valence-electron chi connectivity index (χ4n) is 14.8. The number of H-pyrrole nitrogens is 1. The van der Waals surface area contributed by atoms with Gasteiger partial charge in [0.05, 0.1) is 42.2 Å². The van der Waals surface area contributed by atoms with Crippen molar-refractivity contribution in [3.8, 4) is 0 Å². The number of thiocarbonyl (C=S) groups is 1. The average Bonchev–Trinajstić information content (AvgIpc) is 1.67. The molecule has 44 heteroatoms. The van der Waals surface area contributed by atoms with Crippen molar-refractivity contribution in [1.82, 2.24) is 61.2 Å². The third kappa shape index (κ3) is 30.9. The first-order valence-electron chi connectivity index (χ1n) is 42.0. The number of rotatable bonds is 24. The third-order valence-corrected chi connectivity index (χ3v) is 31.5. The Balaban J connectivity index is 0.000000212. The predicted molar refractivity (Wildman–Crippen MR) is 526 cm³/mol. The van der Waals surface area contributed by atoms with E-state index in [4.69, 9.17) is 40.6 Å². The number of nitrogens with zero attached hydrogens (tertiary/aromatic N) is 6. The van der Waals surface area contributed by atoms with Crippen LogP contribution in [0.1, 0.15) is 57.1 Å². The minimum absolute atomic E-state index is 0.139. The van der Waals surface area contributed by atoms with Crippen LogP contribution in [0.25, 0.3) is 0 Å². The van der Waals surface area contributed by atoms with Gasteiger partial charge in [0.1, 0.15) is 120 Å². The summed E-state index contributed by atoms with van der Waals surface area (Å²) in [5.41, 5.74) is 1.45. The van der Waals surface area contributed by atoms with Crippen LogP contribution < -0.4 is 43.1 Å². The number of aliphatic hydroxyl groups is 12. The minimum Gasteiger partial charge on any atom is -0.388 e. The van der Waals surface area contributed by atoms with E-state index in [9.17, 15) is 90.0 Å². The van der Waals surface area contributed by atoms with E-state index in [1.807, 2.05) is 0 Å². The molecule has 19 N–H and O–H groups in total. The monoisotopic (exact) mass is 1950 g/mol. The second-order valence-electron chi connectivity index (χ2n) is 38.1. The van der Waals surface area contributed by atoms with Crippen LogP contribution >= 0.6 is 53.5 Å². The number of carbonyl (C=O) groups is 4. The van der Waals surface area contributed by atoms with Gasteiger partial charge in [-0.05, 0) is 168 Å². The van der Waals surface area contributed by atoms with Crippen LogP contribution in [0, 0.1) is 0 Å². The van der Waals surface area contributed by atoms with Crippen LogP contribution in [0.2, 0.25) is 0 Å². The highest BCUT2D eigenvalue weighted by molar-refractivity contribution is 7.80. The molecular formula is C85H141N13O24P6S. The lowest BCUT2D eigenvalue weighted by Crippen LogP contribution is -2.47. The Morgan fingerprint density at radius 3 is 1.21 bits per heavy atom. The highest BCUT2D eigenvalue weighted by atomic mass is 32.1. The first-order chi connectivity index (χ1) is 59.4. The Labute approximate surface area is 762 Å². The van der Waals surface area contributed by atoms with Crippen LogP contribution in [0.3, 0.4) is 0 Å². The maximum Gasteiger partial charge on any atom is 0.328 e. The Kier molecular flexibility index (Phi) is 38.7.